The molecular weight excluding hydrogens is 324 g/mol. The maximum atomic E-state index is 12.2. The van der Waals surface area contributed by atoms with Crippen LogP contribution in [0.3, 0.4) is 0 Å². The van der Waals surface area contributed by atoms with Crippen molar-refractivity contribution in [1.29, 1.82) is 0 Å². The molecule has 0 heterocycles. The van der Waals surface area contributed by atoms with Gasteiger partial charge < -0.3 is 20.5 Å². The van der Waals surface area contributed by atoms with Gasteiger partial charge in [0.05, 0.1) is 13.2 Å². The molecule has 0 aromatic rings. The molecule has 0 spiro atoms. The summed E-state index contributed by atoms with van der Waals surface area (Å²) in [6.07, 6.45) is 3.40. The third-order valence-corrected chi connectivity index (χ3v) is 4.89. The van der Waals surface area contributed by atoms with Gasteiger partial charge in [-0.05, 0) is 37.0 Å². The first-order valence-electron chi connectivity index (χ1n) is 9.01. The summed E-state index contributed by atoms with van der Waals surface area (Å²) in [6, 6.07) is -0.889. The summed E-state index contributed by atoms with van der Waals surface area (Å²) in [4.78, 5) is 34.8. The second-order valence-corrected chi connectivity index (χ2v) is 7.32. The lowest BCUT2D eigenvalue weighted by Crippen LogP contribution is -2.45. The second kappa shape index (κ2) is 10.4. The Morgan fingerprint density at radius 3 is 2.48 bits per heavy atom. The number of ether oxygens (including phenoxy) is 2. The molecule has 25 heavy (non-hydrogen) atoms. The number of nitrogens with two attached hydrogens (primary N) is 1. The van der Waals surface area contributed by atoms with Crippen molar-refractivity contribution in [3.05, 3.63) is 0 Å². The van der Waals surface area contributed by atoms with Crippen LogP contribution >= 0.6 is 0 Å². The van der Waals surface area contributed by atoms with Gasteiger partial charge in [-0.2, -0.15) is 0 Å². The minimum atomic E-state index is -0.889. The summed E-state index contributed by atoms with van der Waals surface area (Å²) in [5, 5.41) is 2.57. The number of amides is 2. The van der Waals surface area contributed by atoms with Crippen LogP contribution in [-0.4, -0.2) is 43.6 Å². The summed E-state index contributed by atoms with van der Waals surface area (Å²) < 4.78 is 10.5. The Bertz CT molecular complexity index is 466. The Kier molecular flexibility index (Phi) is 8.89. The van der Waals surface area contributed by atoms with Gasteiger partial charge in [-0.1, -0.05) is 27.2 Å². The Morgan fingerprint density at radius 2 is 1.92 bits per heavy atom. The smallest absolute Gasteiger partial charge is 0.328 e. The molecule has 0 aliphatic heterocycles. The van der Waals surface area contributed by atoms with Gasteiger partial charge in [0.25, 0.3) is 0 Å². The zero-order valence-electron chi connectivity index (χ0n) is 15.7. The van der Waals surface area contributed by atoms with Crippen molar-refractivity contribution in [2.75, 3.05) is 13.7 Å². The highest BCUT2D eigenvalue weighted by atomic mass is 16.5. The average molecular weight is 356 g/mol. The molecule has 1 aliphatic carbocycles. The van der Waals surface area contributed by atoms with Crippen LogP contribution in [0.15, 0.2) is 0 Å². The van der Waals surface area contributed by atoms with E-state index < -0.39 is 17.9 Å². The molecule has 1 rings (SSSR count). The van der Waals surface area contributed by atoms with Crippen molar-refractivity contribution < 1.29 is 23.9 Å². The van der Waals surface area contributed by atoms with E-state index in [0.717, 1.165) is 12.8 Å². The maximum absolute atomic E-state index is 12.2. The minimum absolute atomic E-state index is 0.00350. The minimum Gasteiger partial charge on any atom is -0.467 e. The van der Waals surface area contributed by atoms with Crippen molar-refractivity contribution in [2.24, 2.45) is 23.5 Å². The molecule has 4 atom stereocenters. The second-order valence-electron chi connectivity index (χ2n) is 7.32. The molecule has 3 unspecified atom stereocenters. The highest BCUT2D eigenvalue weighted by Crippen LogP contribution is 2.35. The molecule has 0 saturated heterocycles. The predicted molar refractivity (Wildman–Crippen MR) is 93.5 cm³/mol. The molecular formula is C18H32N2O5. The van der Waals surface area contributed by atoms with Crippen molar-refractivity contribution in [3.8, 4) is 0 Å². The average Bonchev–Trinajstić information content (AvgIpc) is 2.55. The van der Waals surface area contributed by atoms with Gasteiger partial charge in [0.1, 0.15) is 12.6 Å². The zero-order chi connectivity index (χ0) is 19.0. The lowest BCUT2D eigenvalue weighted by Gasteiger charge is -2.37. The van der Waals surface area contributed by atoms with E-state index in [1.54, 1.807) is 0 Å². The summed E-state index contributed by atoms with van der Waals surface area (Å²) >= 11 is 0. The van der Waals surface area contributed by atoms with Crippen LogP contribution in [0.1, 0.15) is 52.9 Å². The van der Waals surface area contributed by atoms with Gasteiger partial charge in [-0.3, -0.25) is 9.59 Å². The van der Waals surface area contributed by atoms with Crippen LogP contribution in [0.2, 0.25) is 0 Å². The standard InChI is InChI=1S/C18H32N2O5/c1-11(2)13-6-5-12(3)9-15(13)25-10-17(22)20-14(18(23)24-4)7-8-16(19)21/h11-15H,5-10H2,1-4H3,(H2,19,21)(H,20,22)/t12?,13?,14-,15?/m1/s1. The SMILES string of the molecule is COC(=O)[C@@H](CCC(N)=O)NC(=O)COC1CC(C)CCC1C(C)C. The monoisotopic (exact) mass is 356 g/mol. The molecule has 7 heteroatoms. The van der Waals surface area contributed by atoms with Crippen LogP contribution < -0.4 is 11.1 Å². The normalized spacial score (nSPS) is 24.6. The van der Waals surface area contributed by atoms with Crippen LogP contribution in [0.25, 0.3) is 0 Å². The Hall–Kier alpha value is -1.63. The number of methoxy groups -OCH3 is 1. The number of nitrogens with one attached hydrogen (secondary N) is 1. The van der Waals surface area contributed by atoms with Crippen molar-refractivity contribution in [3.63, 3.8) is 0 Å². The molecule has 0 aromatic carbocycles. The molecule has 144 valence electrons. The van der Waals surface area contributed by atoms with E-state index in [9.17, 15) is 14.4 Å². The number of carbonyl (C=O) groups is 3. The molecule has 1 fully saturated rings. The lowest BCUT2D eigenvalue weighted by molar-refractivity contribution is -0.146. The maximum Gasteiger partial charge on any atom is 0.328 e. The summed E-state index contributed by atoms with van der Waals surface area (Å²) in [5.41, 5.74) is 5.10. The van der Waals surface area contributed by atoms with E-state index in [1.165, 1.54) is 13.5 Å². The number of rotatable bonds is 9. The molecule has 0 radical (unpaired) electrons. The number of hydrogen-bond acceptors (Lipinski definition) is 5. The molecule has 2 amide bonds. The van der Waals surface area contributed by atoms with Crippen LogP contribution in [0.5, 0.6) is 0 Å². The van der Waals surface area contributed by atoms with E-state index in [-0.39, 0.29) is 31.5 Å². The van der Waals surface area contributed by atoms with Crippen LogP contribution in [0, 0.1) is 17.8 Å². The first-order chi connectivity index (χ1) is 11.7. The molecule has 3 N–H and O–H groups in total. The van der Waals surface area contributed by atoms with Gasteiger partial charge >= 0.3 is 5.97 Å². The van der Waals surface area contributed by atoms with Gasteiger partial charge in [-0.15, -0.1) is 0 Å². The van der Waals surface area contributed by atoms with E-state index in [0.29, 0.717) is 17.8 Å². The number of carbonyl (C=O) groups excluding carboxylic acids is 3. The van der Waals surface area contributed by atoms with E-state index in [1.807, 2.05) is 0 Å². The van der Waals surface area contributed by atoms with Crippen molar-refractivity contribution in [1.82, 2.24) is 5.32 Å². The highest BCUT2D eigenvalue weighted by Gasteiger charge is 2.32. The van der Waals surface area contributed by atoms with E-state index in [4.69, 9.17) is 10.5 Å². The number of hydrogen-bond donors (Lipinski definition) is 2. The summed E-state index contributed by atoms with van der Waals surface area (Å²) in [5.74, 6) is 0.00701. The third kappa shape index (κ3) is 7.42. The highest BCUT2D eigenvalue weighted by molar-refractivity contribution is 5.85. The number of primary amides is 1. The zero-order valence-corrected chi connectivity index (χ0v) is 15.7. The Labute approximate surface area is 150 Å². The number of esters is 1. The van der Waals surface area contributed by atoms with Crippen LogP contribution in [0.4, 0.5) is 0 Å². The van der Waals surface area contributed by atoms with Gasteiger partial charge in [0, 0.05) is 6.42 Å². The molecule has 1 aliphatic rings. The Balaban J connectivity index is 2.54. The third-order valence-electron chi connectivity index (χ3n) is 4.89. The quantitative estimate of drug-likeness (QED) is 0.607. The molecule has 1 saturated carbocycles. The molecule has 0 bridgehead atoms. The summed E-state index contributed by atoms with van der Waals surface area (Å²) in [7, 11) is 1.24. The van der Waals surface area contributed by atoms with E-state index in [2.05, 4.69) is 30.8 Å². The van der Waals surface area contributed by atoms with Crippen LogP contribution in [-0.2, 0) is 23.9 Å². The predicted octanol–water partition coefficient (Wildman–Crippen LogP) is 1.39. The summed E-state index contributed by atoms with van der Waals surface area (Å²) in [6.45, 7) is 6.44. The Morgan fingerprint density at radius 1 is 1.24 bits per heavy atom. The first-order valence-corrected chi connectivity index (χ1v) is 9.01. The van der Waals surface area contributed by atoms with E-state index >= 15 is 0 Å². The fourth-order valence-electron chi connectivity index (χ4n) is 3.40. The van der Waals surface area contributed by atoms with Crippen molar-refractivity contribution in [2.45, 2.75) is 65.0 Å². The topological polar surface area (TPSA) is 108 Å². The fourth-order valence-corrected chi connectivity index (χ4v) is 3.40. The lowest BCUT2D eigenvalue weighted by atomic mass is 9.75. The molecule has 7 nitrogen and oxygen atoms in total. The van der Waals surface area contributed by atoms with Gasteiger partial charge in [0.2, 0.25) is 11.8 Å². The van der Waals surface area contributed by atoms with Gasteiger partial charge in [0.15, 0.2) is 0 Å². The van der Waals surface area contributed by atoms with Crippen molar-refractivity contribution >= 4 is 17.8 Å². The first kappa shape index (κ1) is 21.4. The fraction of sp³-hybridized carbons (Fsp3) is 0.833. The largest absolute Gasteiger partial charge is 0.467 e. The molecule has 0 aromatic heterocycles. The van der Waals surface area contributed by atoms with Gasteiger partial charge in [-0.25, -0.2) is 4.79 Å².